The quantitative estimate of drug-likeness (QED) is 0.899. The molecule has 1 amide bonds. The molecule has 25 heavy (non-hydrogen) atoms. The summed E-state index contributed by atoms with van der Waals surface area (Å²) in [7, 11) is -4.65. The van der Waals surface area contributed by atoms with Crippen molar-refractivity contribution in [2.45, 2.75) is 29.7 Å². The first kappa shape index (κ1) is 17.3. The number of anilines is 1. The second kappa shape index (κ2) is 6.44. The predicted molar refractivity (Wildman–Crippen MR) is 88.9 cm³/mol. The van der Waals surface area contributed by atoms with Gasteiger partial charge in [-0.15, -0.1) is 0 Å². The van der Waals surface area contributed by atoms with Crippen LogP contribution in [0.4, 0.5) is 14.5 Å². The van der Waals surface area contributed by atoms with E-state index in [1.807, 2.05) is 24.3 Å². The molecule has 0 fully saturated rings. The molecule has 0 bridgehead atoms. The molecule has 1 heterocycles. The maximum atomic E-state index is 12.6. The van der Waals surface area contributed by atoms with Crippen LogP contribution in [0, 0.1) is 0 Å². The molecule has 5 nitrogen and oxygen atoms in total. The molecule has 0 spiro atoms. The normalized spacial score (nSPS) is 17.4. The van der Waals surface area contributed by atoms with Gasteiger partial charge in [-0.2, -0.15) is 8.78 Å². The molecular formula is C17H16F2N2O3S. The molecule has 2 N–H and O–H groups in total. The third kappa shape index (κ3) is 3.21. The Bertz CT molecular complexity index is 898. The van der Waals surface area contributed by atoms with Crippen molar-refractivity contribution in [1.82, 2.24) is 0 Å². The third-order valence-electron chi connectivity index (χ3n) is 4.31. The number of benzene rings is 2. The van der Waals surface area contributed by atoms with Crippen LogP contribution >= 0.6 is 0 Å². The number of carbonyl (C=O) groups is 1. The van der Waals surface area contributed by atoms with Gasteiger partial charge in [0.05, 0.1) is 4.90 Å². The average molecular weight is 366 g/mol. The summed E-state index contributed by atoms with van der Waals surface area (Å²) in [6, 6.07) is 12.1. The number of halogens is 2. The Morgan fingerprint density at radius 1 is 1.08 bits per heavy atom. The zero-order valence-electron chi connectivity index (χ0n) is 13.1. The van der Waals surface area contributed by atoms with Gasteiger partial charge >= 0.3 is 5.76 Å². The average Bonchev–Trinajstić information content (AvgIpc) is 2.60. The summed E-state index contributed by atoms with van der Waals surface area (Å²) < 4.78 is 48.3. The van der Waals surface area contributed by atoms with E-state index in [1.165, 1.54) is 12.1 Å². The maximum Gasteiger partial charge on any atom is 0.341 e. The molecule has 1 atom stereocenters. The zero-order chi connectivity index (χ0) is 18.2. The summed E-state index contributed by atoms with van der Waals surface area (Å²) in [5.74, 6) is -3.97. The van der Waals surface area contributed by atoms with Gasteiger partial charge < -0.3 is 10.6 Å². The Morgan fingerprint density at radius 3 is 2.24 bits per heavy atom. The highest BCUT2D eigenvalue weighted by Crippen LogP contribution is 2.30. The van der Waals surface area contributed by atoms with Gasteiger partial charge in [-0.05, 0) is 35.4 Å². The number of nitrogens with zero attached hydrogens (tertiary/aromatic N) is 1. The SMILES string of the molecule is NC(=O)[C@@H]1Cc2ccccc2CN1c1ccc(S(=O)(=O)C(F)F)cc1. The number of alkyl halides is 2. The van der Waals surface area contributed by atoms with E-state index in [0.29, 0.717) is 18.7 Å². The van der Waals surface area contributed by atoms with Gasteiger partial charge in [0.15, 0.2) is 0 Å². The van der Waals surface area contributed by atoms with Crippen molar-refractivity contribution in [3.8, 4) is 0 Å². The second-order valence-corrected chi connectivity index (χ2v) is 7.74. The molecule has 8 heteroatoms. The highest BCUT2D eigenvalue weighted by atomic mass is 32.2. The van der Waals surface area contributed by atoms with Crippen LogP contribution in [0.25, 0.3) is 0 Å². The molecular weight excluding hydrogens is 350 g/mol. The number of hydrogen-bond donors (Lipinski definition) is 1. The number of nitrogens with two attached hydrogens (primary N) is 1. The van der Waals surface area contributed by atoms with E-state index in [0.717, 1.165) is 23.3 Å². The molecule has 0 unspecified atom stereocenters. The number of primary amides is 1. The minimum Gasteiger partial charge on any atom is -0.368 e. The number of hydrogen-bond acceptors (Lipinski definition) is 4. The minimum atomic E-state index is -4.65. The van der Waals surface area contributed by atoms with Crippen molar-refractivity contribution >= 4 is 21.4 Å². The largest absolute Gasteiger partial charge is 0.368 e. The minimum absolute atomic E-state index is 0.421. The zero-order valence-corrected chi connectivity index (χ0v) is 13.9. The number of rotatable bonds is 4. The molecule has 0 radical (unpaired) electrons. The Labute approximate surface area is 144 Å². The standard InChI is InChI=1S/C17H16F2N2O3S/c18-17(19)25(23,24)14-7-5-13(6-8-14)21-10-12-4-2-1-3-11(12)9-15(21)16(20)22/h1-8,15,17H,9-10H2,(H2,20,22)/t15-/m0/s1. The van der Waals surface area contributed by atoms with Crippen molar-refractivity contribution in [1.29, 1.82) is 0 Å². The molecule has 1 aliphatic rings. The van der Waals surface area contributed by atoms with Gasteiger partial charge in [0.25, 0.3) is 0 Å². The fourth-order valence-corrected chi connectivity index (χ4v) is 3.70. The topological polar surface area (TPSA) is 80.5 Å². The molecule has 0 aromatic heterocycles. The van der Waals surface area contributed by atoms with Crippen LogP contribution in [0.15, 0.2) is 53.4 Å². The molecule has 132 valence electrons. The van der Waals surface area contributed by atoms with Crippen molar-refractivity contribution in [3.05, 3.63) is 59.7 Å². The van der Waals surface area contributed by atoms with E-state index >= 15 is 0 Å². The molecule has 0 saturated heterocycles. The highest BCUT2D eigenvalue weighted by molar-refractivity contribution is 7.91. The van der Waals surface area contributed by atoms with Crippen LogP contribution in [0.1, 0.15) is 11.1 Å². The highest BCUT2D eigenvalue weighted by Gasteiger charge is 2.31. The van der Waals surface area contributed by atoms with Crippen molar-refractivity contribution < 1.29 is 22.0 Å². The second-order valence-electron chi connectivity index (χ2n) is 5.82. The van der Waals surface area contributed by atoms with Crippen LogP contribution < -0.4 is 10.6 Å². The Hall–Kier alpha value is -2.48. The van der Waals surface area contributed by atoms with Crippen LogP contribution in [0.5, 0.6) is 0 Å². The number of carbonyl (C=O) groups excluding carboxylic acids is 1. The fourth-order valence-electron chi connectivity index (χ4n) is 2.98. The molecule has 2 aromatic rings. The van der Waals surface area contributed by atoms with Crippen molar-refractivity contribution in [2.75, 3.05) is 4.90 Å². The molecule has 0 saturated carbocycles. The summed E-state index contributed by atoms with van der Waals surface area (Å²) in [6.45, 7) is 0.421. The molecule has 1 aliphatic heterocycles. The number of fused-ring (bicyclic) bond motifs is 1. The number of amides is 1. The van der Waals surface area contributed by atoms with Gasteiger partial charge in [0.1, 0.15) is 6.04 Å². The van der Waals surface area contributed by atoms with Crippen molar-refractivity contribution in [2.24, 2.45) is 5.73 Å². The van der Waals surface area contributed by atoms with E-state index in [2.05, 4.69) is 0 Å². The summed E-state index contributed by atoms with van der Waals surface area (Å²) in [6.07, 6.45) is 0.433. The smallest absolute Gasteiger partial charge is 0.341 e. The maximum absolute atomic E-state index is 12.6. The van der Waals surface area contributed by atoms with Gasteiger partial charge in [-0.3, -0.25) is 4.79 Å². The van der Waals surface area contributed by atoms with E-state index in [-0.39, 0.29) is 0 Å². The Morgan fingerprint density at radius 2 is 1.68 bits per heavy atom. The summed E-state index contributed by atoms with van der Waals surface area (Å²) in [5.41, 5.74) is 8.12. The first-order chi connectivity index (χ1) is 11.8. The Balaban J connectivity index is 1.96. The van der Waals surface area contributed by atoms with E-state index in [9.17, 15) is 22.0 Å². The molecule has 0 aliphatic carbocycles. The lowest BCUT2D eigenvalue weighted by atomic mass is 9.93. The lowest BCUT2D eigenvalue weighted by molar-refractivity contribution is -0.119. The van der Waals surface area contributed by atoms with Crippen LogP contribution in [0.3, 0.4) is 0 Å². The van der Waals surface area contributed by atoms with Gasteiger partial charge in [-0.25, -0.2) is 8.42 Å². The monoisotopic (exact) mass is 366 g/mol. The first-order valence-electron chi connectivity index (χ1n) is 7.55. The number of sulfone groups is 1. The van der Waals surface area contributed by atoms with Gasteiger partial charge in [-0.1, -0.05) is 24.3 Å². The summed E-state index contributed by atoms with van der Waals surface area (Å²) in [5, 5.41) is 0. The van der Waals surface area contributed by atoms with Gasteiger partial charge in [0, 0.05) is 18.7 Å². The summed E-state index contributed by atoms with van der Waals surface area (Å²) >= 11 is 0. The fraction of sp³-hybridized carbons (Fsp3) is 0.235. The van der Waals surface area contributed by atoms with Crippen molar-refractivity contribution in [3.63, 3.8) is 0 Å². The summed E-state index contributed by atoms with van der Waals surface area (Å²) in [4.78, 5) is 13.1. The van der Waals surface area contributed by atoms with Crippen LogP contribution in [-0.2, 0) is 27.6 Å². The van der Waals surface area contributed by atoms with E-state index < -0.39 is 32.4 Å². The molecule has 3 rings (SSSR count). The molecule has 2 aromatic carbocycles. The van der Waals surface area contributed by atoms with E-state index in [4.69, 9.17) is 5.73 Å². The lowest BCUT2D eigenvalue weighted by Gasteiger charge is -2.36. The van der Waals surface area contributed by atoms with Crippen LogP contribution in [-0.4, -0.2) is 26.1 Å². The predicted octanol–water partition coefficient (Wildman–Crippen LogP) is 2.10. The first-order valence-corrected chi connectivity index (χ1v) is 9.10. The third-order valence-corrected chi connectivity index (χ3v) is 5.71. The van der Waals surface area contributed by atoms with Crippen LogP contribution in [0.2, 0.25) is 0 Å². The Kier molecular flexibility index (Phi) is 4.47. The van der Waals surface area contributed by atoms with Gasteiger partial charge in [0.2, 0.25) is 15.7 Å². The van der Waals surface area contributed by atoms with E-state index in [1.54, 1.807) is 4.90 Å². The lowest BCUT2D eigenvalue weighted by Crippen LogP contribution is -2.48.